The van der Waals surface area contributed by atoms with E-state index in [2.05, 4.69) is 0 Å². The highest BCUT2D eigenvalue weighted by atomic mass is 19.3. The fraction of sp³-hybridized carbons (Fsp3) is 0.364. The second kappa shape index (κ2) is 5.18. The number of hydrogen-bond acceptors (Lipinski definition) is 4. The van der Waals surface area contributed by atoms with Crippen LogP contribution < -0.4 is 4.74 Å². The average molecular weight is 262 g/mol. The van der Waals surface area contributed by atoms with Crippen molar-refractivity contribution in [3.05, 3.63) is 23.8 Å². The molecule has 1 aromatic carbocycles. The van der Waals surface area contributed by atoms with Gasteiger partial charge in [-0.15, -0.1) is 0 Å². The monoisotopic (exact) mass is 262 g/mol. The highest BCUT2D eigenvalue weighted by molar-refractivity contribution is 5.76. The van der Waals surface area contributed by atoms with Crippen molar-refractivity contribution in [2.45, 2.75) is 19.0 Å². The highest BCUT2D eigenvalue weighted by Crippen LogP contribution is 2.36. The minimum atomic E-state index is -4.32. The van der Waals surface area contributed by atoms with Gasteiger partial charge in [0, 0.05) is 0 Å². The molecular weight excluding hydrogens is 250 g/mol. The van der Waals surface area contributed by atoms with E-state index in [-0.39, 0.29) is 23.7 Å². The molecule has 7 heteroatoms. The molecule has 0 radical (unpaired) electrons. The topological polar surface area (TPSA) is 87.0 Å². The van der Waals surface area contributed by atoms with Gasteiger partial charge in [-0.3, -0.25) is 0 Å². The van der Waals surface area contributed by atoms with Gasteiger partial charge in [0.2, 0.25) is 0 Å². The summed E-state index contributed by atoms with van der Waals surface area (Å²) in [6.07, 6.45) is -2.52. The lowest BCUT2D eigenvalue weighted by Crippen LogP contribution is -2.35. The number of phenolic OH excluding ortho intramolecular Hbond substituents is 1. The first-order chi connectivity index (χ1) is 8.30. The van der Waals surface area contributed by atoms with Crippen LogP contribution in [0.5, 0.6) is 11.5 Å². The van der Waals surface area contributed by atoms with E-state index >= 15 is 0 Å². The van der Waals surface area contributed by atoms with Gasteiger partial charge in [0.25, 0.3) is 0 Å². The average Bonchev–Trinajstić information content (AvgIpc) is 2.31. The lowest BCUT2D eigenvalue weighted by molar-refractivity contribution is -0.182. The number of rotatable bonds is 5. The van der Waals surface area contributed by atoms with E-state index in [4.69, 9.17) is 9.84 Å². The Labute approximate surface area is 101 Å². The summed E-state index contributed by atoms with van der Waals surface area (Å²) < 4.78 is 31.1. The minimum absolute atomic E-state index is 0.102. The number of aliphatic carboxylic acids is 1. The van der Waals surface area contributed by atoms with Gasteiger partial charge in [-0.2, -0.15) is 8.78 Å². The SMILES string of the molecule is CCOc1cc(C(O)C(F)(F)C(=O)O)ccc1O. The molecule has 0 fully saturated rings. The van der Waals surface area contributed by atoms with Crippen LogP contribution in [-0.2, 0) is 4.79 Å². The molecule has 1 atom stereocenters. The van der Waals surface area contributed by atoms with Crippen molar-refractivity contribution in [3.63, 3.8) is 0 Å². The third kappa shape index (κ3) is 2.67. The van der Waals surface area contributed by atoms with Gasteiger partial charge in [0.15, 0.2) is 17.6 Å². The number of phenols is 1. The largest absolute Gasteiger partial charge is 0.504 e. The number of carbonyl (C=O) groups is 1. The van der Waals surface area contributed by atoms with Crippen LogP contribution in [0.15, 0.2) is 18.2 Å². The molecule has 0 amide bonds. The first-order valence-electron chi connectivity index (χ1n) is 5.05. The number of alkyl halides is 2. The Bertz CT molecular complexity index is 447. The molecule has 0 aliphatic carbocycles. The second-order valence-electron chi connectivity index (χ2n) is 3.49. The van der Waals surface area contributed by atoms with E-state index < -0.39 is 18.0 Å². The molecule has 0 aromatic heterocycles. The molecule has 0 saturated carbocycles. The van der Waals surface area contributed by atoms with Crippen LogP contribution in [-0.4, -0.2) is 33.8 Å². The zero-order valence-corrected chi connectivity index (χ0v) is 9.43. The Hall–Kier alpha value is -1.89. The molecule has 0 aliphatic rings. The molecule has 3 N–H and O–H groups in total. The van der Waals surface area contributed by atoms with Crippen molar-refractivity contribution >= 4 is 5.97 Å². The molecule has 0 aliphatic heterocycles. The number of hydrogen-bond donors (Lipinski definition) is 3. The van der Waals surface area contributed by atoms with E-state index in [9.17, 15) is 23.8 Å². The van der Waals surface area contributed by atoms with Gasteiger partial charge in [-0.1, -0.05) is 6.07 Å². The fourth-order valence-corrected chi connectivity index (χ4v) is 1.30. The van der Waals surface area contributed by atoms with Crippen molar-refractivity contribution in [3.8, 4) is 11.5 Å². The number of aromatic hydroxyl groups is 1. The zero-order chi connectivity index (χ0) is 13.9. The van der Waals surface area contributed by atoms with E-state index in [0.717, 1.165) is 18.2 Å². The predicted molar refractivity (Wildman–Crippen MR) is 56.8 cm³/mol. The zero-order valence-electron chi connectivity index (χ0n) is 9.43. The lowest BCUT2D eigenvalue weighted by Gasteiger charge is -2.19. The van der Waals surface area contributed by atoms with Gasteiger partial charge < -0.3 is 20.1 Å². The number of aliphatic hydroxyl groups excluding tert-OH is 1. The molecule has 1 aromatic rings. The molecule has 18 heavy (non-hydrogen) atoms. The summed E-state index contributed by atoms with van der Waals surface area (Å²) in [6, 6.07) is 3.02. The van der Waals surface area contributed by atoms with Crippen molar-refractivity contribution in [2.24, 2.45) is 0 Å². The van der Waals surface area contributed by atoms with Crippen molar-refractivity contribution < 1.29 is 33.6 Å². The fourth-order valence-electron chi connectivity index (χ4n) is 1.30. The van der Waals surface area contributed by atoms with Gasteiger partial charge in [0.05, 0.1) is 6.61 Å². The summed E-state index contributed by atoms with van der Waals surface area (Å²) in [5, 5.41) is 27.0. The summed E-state index contributed by atoms with van der Waals surface area (Å²) in [5.41, 5.74) is -0.358. The van der Waals surface area contributed by atoms with Gasteiger partial charge in [-0.05, 0) is 24.6 Å². The number of benzene rings is 1. The van der Waals surface area contributed by atoms with Crippen molar-refractivity contribution in [2.75, 3.05) is 6.61 Å². The molecule has 0 saturated heterocycles. The Balaban J connectivity index is 3.10. The lowest BCUT2D eigenvalue weighted by atomic mass is 10.0. The Kier molecular flexibility index (Phi) is 4.07. The smallest absolute Gasteiger partial charge is 0.377 e. The molecule has 0 spiro atoms. The van der Waals surface area contributed by atoms with Gasteiger partial charge in [0.1, 0.15) is 0 Å². The van der Waals surface area contributed by atoms with E-state index in [1.807, 2.05) is 0 Å². The maximum absolute atomic E-state index is 13.1. The second-order valence-corrected chi connectivity index (χ2v) is 3.49. The molecule has 0 heterocycles. The normalized spacial score (nSPS) is 13.1. The van der Waals surface area contributed by atoms with Crippen LogP contribution >= 0.6 is 0 Å². The van der Waals surface area contributed by atoms with Crippen LogP contribution in [0.25, 0.3) is 0 Å². The number of aliphatic hydroxyl groups is 1. The first kappa shape index (κ1) is 14.2. The summed E-state index contributed by atoms with van der Waals surface area (Å²) in [5.74, 6) is -7.14. The van der Waals surface area contributed by atoms with Gasteiger partial charge >= 0.3 is 11.9 Å². The maximum Gasteiger partial charge on any atom is 0.377 e. The number of halogens is 2. The van der Waals surface area contributed by atoms with E-state index in [1.54, 1.807) is 6.92 Å². The number of carboxylic acid groups (broad SMARTS) is 1. The minimum Gasteiger partial charge on any atom is -0.504 e. The maximum atomic E-state index is 13.1. The molecule has 5 nitrogen and oxygen atoms in total. The van der Waals surface area contributed by atoms with E-state index in [1.165, 1.54) is 0 Å². The van der Waals surface area contributed by atoms with Crippen LogP contribution in [0.3, 0.4) is 0 Å². The summed E-state index contributed by atoms with van der Waals surface area (Å²) in [6.45, 7) is 1.80. The predicted octanol–water partition coefficient (Wildman–Crippen LogP) is 1.54. The molecular formula is C11H12F2O5. The summed E-state index contributed by atoms with van der Waals surface area (Å²) in [7, 11) is 0. The number of carboxylic acids is 1. The quantitative estimate of drug-likeness (QED) is 0.749. The van der Waals surface area contributed by atoms with Crippen LogP contribution in [0.4, 0.5) is 8.78 Å². The van der Waals surface area contributed by atoms with Gasteiger partial charge in [-0.25, -0.2) is 4.79 Å². The molecule has 100 valence electrons. The molecule has 0 bridgehead atoms. The summed E-state index contributed by atoms with van der Waals surface area (Å²) >= 11 is 0. The first-order valence-corrected chi connectivity index (χ1v) is 5.05. The van der Waals surface area contributed by atoms with Crippen LogP contribution in [0.2, 0.25) is 0 Å². The standard InChI is InChI=1S/C11H12F2O5/c1-2-18-8-5-6(3-4-7(8)14)9(15)11(12,13)10(16)17/h3-5,9,14-15H,2H2,1H3,(H,16,17). The molecule has 1 rings (SSSR count). The van der Waals surface area contributed by atoms with Crippen molar-refractivity contribution in [1.29, 1.82) is 0 Å². The third-order valence-electron chi connectivity index (χ3n) is 2.23. The van der Waals surface area contributed by atoms with E-state index in [0.29, 0.717) is 0 Å². The molecule has 1 unspecified atom stereocenters. The number of ether oxygens (including phenoxy) is 1. The Morgan fingerprint density at radius 3 is 2.61 bits per heavy atom. The summed E-state index contributed by atoms with van der Waals surface area (Å²) in [4.78, 5) is 10.3. The third-order valence-corrected chi connectivity index (χ3v) is 2.23. The van der Waals surface area contributed by atoms with Crippen LogP contribution in [0.1, 0.15) is 18.6 Å². The van der Waals surface area contributed by atoms with Crippen molar-refractivity contribution in [1.82, 2.24) is 0 Å². The van der Waals surface area contributed by atoms with Crippen LogP contribution in [0, 0.1) is 0 Å². The highest BCUT2D eigenvalue weighted by Gasteiger charge is 2.47. The Morgan fingerprint density at radius 1 is 1.50 bits per heavy atom. The Morgan fingerprint density at radius 2 is 2.11 bits per heavy atom.